The van der Waals surface area contributed by atoms with Crippen molar-refractivity contribution in [1.29, 1.82) is 0 Å². The Bertz CT molecular complexity index is 1430. The van der Waals surface area contributed by atoms with Gasteiger partial charge in [-0.2, -0.15) is 0 Å². The first kappa shape index (κ1) is 22.8. The van der Waals surface area contributed by atoms with E-state index in [4.69, 9.17) is 5.11 Å². The highest BCUT2D eigenvalue weighted by Gasteiger charge is 2.15. The Morgan fingerprint density at radius 2 is 1.88 bits per heavy atom. The molecule has 0 saturated carbocycles. The number of pyridine rings is 2. The van der Waals surface area contributed by atoms with Gasteiger partial charge in [-0.15, -0.1) is 0 Å². The van der Waals surface area contributed by atoms with Gasteiger partial charge >= 0.3 is 5.97 Å². The number of H-pyrrole nitrogens is 1. The summed E-state index contributed by atoms with van der Waals surface area (Å²) in [5, 5.41) is 12.0. The quantitative estimate of drug-likeness (QED) is 0.384. The van der Waals surface area contributed by atoms with Crippen LogP contribution in [0.1, 0.15) is 39.8 Å². The number of benzene rings is 2. The van der Waals surface area contributed by atoms with Crippen LogP contribution in [0.2, 0.25) is 0 Å². The number of carbonyl (C=O) groups is 2. The summed E-state index contributed by atoms with van der Waals surface area (Å²) in [6.45, 7) is 1.82. The number of hydrogen-bond acceptors (Lipinski definition) is 4. The molecule has 2 heterocycles. The highest BCUT2D eigenvalue weighted by Crippen LogP contribution is 2.23. The van der Waals surface area contributed by atoms with Crippen LogP contribution < -0.4 is 10.7 Å². The van der Waals surface area contributed by atoms with Gasteiger partial charge in [0, 0.05) is 29.1 Å². The minimum Gasteiger partial charge on any atom is -0.477 e. The van der Waals surface area contributed by atoms with Crippen molar-refractivity contribution in [3.63, 3.8) is 0 Å². The molecule has 0 aliphatic rings. The maximum Gasteiger partial charge on any atom is 0.341 e. The van der Waals surface area contributed by atoms with Crippen molar-refractivity contribution in [1.82, 2.24) is 15.3 Å². The SMILES string of the molecule is C[C@@H](CCc1ccc2[nH]cc(C(=O)O)c(=O)c2n1)NC(=O)c1ccc(-c2ccccc2)c(F)c1. The number of hydrogen-bond donors (Lipinski definition) is 3. The van der Waals surface area contributed by atoms with Gasteiger partial charge in [-0.3, -0.25) is 9.59 Å². The molecule has 1 atom stereocenters. The van der Waals surface area contributed by atoms with Crippen molar-refractivity contribution >= 4 is 22.9 Å². The summed E-state index contributed by atoms with van der Waals surface area (Å²) in [4.78, 5) is 43.2. The first-order chi connectivity index (χ1) is 16.3. The van der Waals surface area contributed by atoms with E-state index in [1.54, 1.807) is 36.4 Å². The van der Waals surface area contributed by atoms with E-state index in [1.165, 1.54) is 6.07 Å². The number of carboxylic acids is 1. The Balaban J connectivity index is 1.41. The van der Waals surface area contributed by atoms with Gasteiger partial charge in [0.05, 0.1) is 5.52 Å². The van der Waals surface area contributed by atoms with Gasteiger partial charge in [-0.25, -0.2) is 14.2 Å². The van der Waals surface area contributed by atoms with Gasteiger partial charge in [0.2, 0.25) is 5.43 Å². The molecule has 2 aromatic carbocycles. The van der Waals surface area contributed by atoms with E-state index in [0.717, 1.165) is 11.8 Å². The van der Waals surface area contributed by atoms with Crippen LogP contribution in [-0.4, -0.2) is 33.0 Å². The van der Waals surface area contributed by atoms with Crippen LogP contribution >= 0.6 is 0 Å². The number of aromatic nitrogens is 2. The summed E-state index contributed by atoms with van der Waals surface area (Å²) in [5.41, 5.74) is 1.46. The van der Waals surface area contributed by atoms with E-state index >= 15 is 0 Å². The molecule has 0 radical (unpaired) electrons. The monoisotopic (exact) mass is 459 g/mol. The Hall–Kier alpha value is -4.33. The molecule has 3 N–H and O–H groups in total. The van der Waals surface area contributed by atoms with Crippen molar-refractivity contribution < 1.29 is 19.1 Å². The smallest absolute Gasteiger partial charge is 0.341 e. The third kappa shape index (κ3) is 4.85. The third-order valence-electron chi connectivity index (χ3n) is 5.54. The van der Waals surface area contributed by atoms with Crippen LogP contribution in [0.25, 0.3) is 22.2 Å². The maximum atomic E-state index is 14.6. The summed E-state index contributed by atoms with van der Waals surface area (Å²) in [6, 6.07) is 16.7. The average molecular weight is 459 g/mol. The first-order valence-corrected chi connectivity index (χ1v) is 10.7. The predicted octanol–water partition coefficient (Wildman–Crippen LogP) is 4.18. The topological polar surface area (TPSA) is 112 Å². The van der Waals surface area contributed by atoms with Crippen molar-refractivity contribution in [2.75, 3.05) is 0 Å². The lowest BCUT2D eigenvalue weighted by Gasteiger charge is -2.14. The van der Waals surface area contributed by atoms with Gasteiger partial charge in [0.15, 0.2) is 0 Å². The lowest BCUT2D eigenvalue weighted by molar-refractivity contribution is 0.0695. The minimum absolute atomic E-state index is 0.0584. The van der Waals surface area contributed by atoms with Crippen molar-refractivity contribution in [2.45, 2.75) is 25.8 Å². The summed E-state index contributed by atoms with van der Waals surface area (Å²) in [7, 11) is 0. The van der Waals surface area contributed by atoms with Crippen molar-refractivity contribution in [2.24, 2.45) is 0 Å². The number of aromatic amines is 1. The number of aromatic carboxylic acids is 1. The van der Waals surface area contributed by atoms with Gasteiger partial charge in [0.25, 0.3) is 5.91 Å². The van der Waals surface area contributed by atoms with Crippen molar-refractivity contribution in [3.05, 3.63) is 99.7 Å². The summed E-state index contributed by atoms with van der Waals surface area (Å²) >= 11 is 0. The Kier molecular flexibility index (Phi) is 6.49. The Morgan fingerprint density at radius 3 is 2.59 bits per heavy atom. The van der Waals surface area contributed by atoms with Gasteiger partial charge in [0.1, 0.15) is 16.9 Å². The highest BCUT2D eigenvalue weighted by molar-refractivity contribution is 5.95. The second-order valence-corrected chi connectivity index (χ2v) is 8.01. The van der Waals surface area contributed by atoms with Gasteiger partial charge in [-0.1, -0.05) is 36.4 Å². The molecule has 0 saturated heterocycles. The number of fused-ring (bicyclic) bond motifs is 1. The standard InChI is InChI=1S/C26H22FN3O4/c1-15(7-9-18-10-12-22-23(30-18)24(31)20(14-28-22)26(33)34)29-25(32)17-8-11-19(21(27)13-17)16-5-3-2-4-6-16/h2-6,8,10-15H,7,9H2,1H3,(H,28,31)(H,29,32)(H,33,34)/t15-/m0/s1. The van der Waals surface area contributed by atoms with Gasteiger partial charge < -0.3 is 15.4 Å². The molecular weight excluding hydrogens is 437 g/mol. The van der Waals surface area contributed by atoms with E-state index in [9.17, 15) is 18.8 Å². The molecule has 34 heavy (non-hydrogen) atoms. The molecular formula is C26H22FN3O4. The van der Waals surface area contributed by atoms with Crippen LogP contribution in [0.4, 0.5) is 4.39 Å². The fourth-order valence-electron chi connectivity index (χ4n) is 3.68. The second kappa shape index (κ2) is 9.66. The summed E-state index contributed by atoms with van der Waals surface area (Å²) in [6.07, 6.45) is 2.13. The van der Waals surface area contributed by atoms with Crippen LogP contribution in [-0.2, 0) is 6.42 Å². The number of nitrogens with one attached hydrogen (secondary N) is 2. The molecule has 0 unspecified atom stereocenters. The molecule has 1 amide bonds. The molecule has 7 nitrogen and oxygen atoms in total. The molecule has 2 aromatic heterocycles. The molecule has 172 valence electrons. The normalized spacial score (nSPS) is 11.8. The number of nitrogens with zero attached hydrogens (tertiary/aromatic N) is 1. The summed E-state index contributed by atoms with van der Waals surface area (Å²) in [5.74, 6) is -2.18. The minimum atomic E-state index is -1.32. The fourth-order valence-corrected chi connectivity index (χ4v) is 3.68. The molecule has 0 fully saturated rings. The van der Waals surface area contributed by atoms with Crippen LogP contribution in [0, 0.1) is 5.82 Å². The van der Waals surface area contributed by atoms with Crippen molar-refractivity contribution in [3.8, 4) is 11.1 Å². The zero-order valence-electron chi connectivity index (χ0n) is 18.3. The molecule has 8 heteroatoms. The predicted molar refractivity (Wildman–Crippen MR) is 126 cm³/mol. The number of aryl methyl sites for hydroxylation is 1. The Labute approximate surface area is 194 Å². The fraction of sp³-hybridized carbons (Fsp3) is 0.154. The third-order valence-corrected chi connectivity index (χ3v) is 5.54. The summed E-state index contributed by atoms with van der Waals surface area (Å²) < 4.78 is 14.6. The zero-order chi connectivity index (χ0) is 24.2. The van der Waals surface area contributed by atoms with E-state index in [1.807, 2.05) is 25.1 Å². The second-order valence-electron chi connectivity index (χ2n) is 8.01. The van der Waals surface area contributed by atoms with E-state index in [0.29, 0.717) is 29.6 Å². The lowest BCUT2D eigenvalue weighted by Crippen LogP contribution is -2.33. The van der Waals surface area contributed by atoms with E-state index < -0.39 is 17.2 Å². The first-order valence-electron chi connectivity index (χ1n) is 10.7. The van der Waals surface area contributed by atoms with Crippen LogP contribution in [0.5, 0.6) is 0 Å². The number of rotatable bonds is 7. The number of halogens is 1. The van der Waals surface area contributed by atoms with Crippen LogP contribution in [0.15, 0.2) is 71.7 Å². The average Bonchev–Trinajstić information content (AvgIpc) is 2.83. The molecule has 4 aromatic rings. The lowest BCUT2D eigenvalue weighted by atomic mass is 10.0. The number of carbonyl (C=O) groups excluding carboxylic acids is 1. The molecule has 0 spiro atoms. The van der Waals surface area contributed by atoms with Gasteiger partial charge in [-0.05, 0) is 49.6 Å². The molecule has 0 aliphatic heterocycles. The molecule has 0 bridgehead atoms. The Morgan fingerprint density at radius 1 is 1.12 bits per heavy atom. The molecule has 4 rings (SSSR count). The van der Waals surface area contributed by atoms with E-state index in [2.05, 4.69) is 15.3 Å². The maximum absolute atomic E-state index is 14.6. The largest absolute Gasteiger partial charge is 0.477 e. The number of amides is 1. The zero-order valence-corrected chi connectivity index (χ0v) is 18.3. The highest BCUT2D eigenvalue weighted by atomic mass is 19.1. The molecule has 0 aliphatic carbocycles. The van der Waals surface area contributed by atoms with E-state index in [-0.39, 0.29) is 28.6 Å². The number of carboxylic acid groups (broad SMARTS) is 1. The van der Waals surface area contributed by atoms with Crippen LogP contribution in [0.3, 0.4) is 0 Å².